The Labute approximate surface area is 162 Å². The summed E-state index contributed by atoms with van der Waals surface area (Å²) in [4.78, 5) is 24.8. The lowest BCUT2D eigenvalue weighted by Gasteiger charge is -2.12. The van der Waals surface area contributed by atoms with Gasteiger partial charge in [0.2, 0.25) is 0 Å². The summed E-state index contributed by atoms with van der Waals surface area (Å²) in [5.74, 6) is -0.862. The van der Waals surface area contributed by atoms with Crippen LogP contribution >= 0.6 is 0 Å². The Hall–Kier alpha value is -3.92. The van der Waals surface area contributed by atoms with Crippen LogP contribution in [0.5, 0.6) is 0 Å². The second-order valence-corrected chi connectivity index (χ2v) is 6.29. The van der Waals surface area contributed by atoms with Gasteiger partial charge in [-0.1, -0.05) is 36.4 Å². The number of carbonyl (C=O) groups excluding carboxylic acids is 2. The van der Waals surface area contributed by atoms with E-state index >= 15 is 0 Å². The van der Waals surface area contributed by atoms with E-state index in [1.54, 1.807) is 53.2 Å². The van der Waals surface area contributed by atoms with Crippen molar-refractivity contribution in [1.29, 1.82) is 5.26 Å². The van der Waals surface area contributed by atoms with Gasteiger partial charge in [-0.2, -0.15) is 10.4 Å². The van der Waals surface area contributed by atoms with Gasteiger partial charge in [0, 0.05) is 16.8 Å². The van der Waals surface area contributed by atoms with Gasteiger partial charge >= 0.3 is 0 Å². The number of nitrogens with zero attached hydrogens (tertiary/aromatic N) is 3. The molecule has 3 rings (SSSR count). The topological polar surface area (TPSA) is 99.8 Å². The first-order valence-electron chi connectivity index (χ1n) is 8.68. The molecule has 1 heterocycles. The third-order valence-corrected chi connectivity index (χ3v) is 4.22. The number of nitriles is 1. The third kappa shape index (κ3) is 4.07. The van der Waals surface area contributed by atoms with E-state index in [-0.39, 0.29) is 6.54 Å². The lowest BCUT2D eigenvalue weighted by molar-refractivity contribution is -0.122. The van der Waals surface area contributed by atoms with Crippen molar-refractivity contribution in [2.24, 2.45) is 0 Å². The van der Waals surface area contributed by atoms with Crippen LogP contribution in [-0.4, -0.2) is 21.6 Å². The predicted molar refractivity (Wildman–Crippen MR) is 104 cm³/mol. The summed E-state index contributed by atoms with van der Waals surface area (Å²) in [6.45, 7) is 3.70. The monoisotopic (exact) mass is 373 g/mol. The van der Waals surface area contributed by atoms with Gasteiger partial charge < -0.3 is 0 Å². The summed E-state index contributed by atoms with van der Waals surface area (Å²) >= 11 is 0. The van der Waals surface area contributed by atoms with Crippen LogP contribution in [-0.2, 0) is 11.3 Å². The van der Waals surface area contributed by atoms with E-state index < -0.39 is 11.8 Å². The number of carbonyl (C=O) groups is 2. The molecule has 7 nitrogen and oxygen atoms in total. The van der Waals surface area contributed by atoms with E-state index in [0.29, 0.717) is 22.3 Å². The minimum Gasteiger partial charge on any atom is -0.271 e. The molecule has 0 fully saturated rings. The number of hydrogen-bond donors (Lipinski definition) is 2. The zero-order valence-electron chi connectivity index (χ0n) is 15.6. The molecule has 2 N–H and O–H groups in total. The number of hydrazine groups is 1. The molecule has 0 aliphatic rings. The highest BCUT2D eigenvalue weighted by atomic mass is 16.2. The van der Waals surface area contributed by atoms with Crippen LogP contribution in [0.1, 0.15) is 27.3 Å². The second kappa shape index (κ2) is 8.18. The van der Waals surface area contributed by atoms with Gasteiger partial charge in [-0.05, 0) is 37.6 Å². The Balaban J connectivity index is 1.74. The van der Waals surface area contributed by atoms with E-state index in [9.17, 15) is 14.9 Å². The van der Waals surface area contributed by atoms with E-state index in [4.69, 9.17) is 0 Å². The second-order valence-electron chi connectivity index (χ2n) is 6.29. The Morgan fingerprint density at radius 3 is 2.39 bits per heavy atom. The van der Waals surface area contributed by atoms with Gasteiger partial charge in [-0.15, -0.1) is 0 Å². The molecule has 0 saturated heterocycles. The summed E-state index contributed by atoms with van der Waals surface area (Å²) in [5, 5.41) is 13.6. The van der Waals surface area contributed by atoms with Crippen molar-refractivity contribution >= 4 is 11.8 Å². The Morgan fingerprint density at radius 1 is 1.04 bits per heavy atom. The molecular weight excluding hydrogens is 354 g/mol. The molecule has 2 aromatic carbocycles. The summed E-state index contributed by atoms with van der Waals surface area (Å²) < 4.78 is 1.56. The fraction of sp³-hybridized carbons (Fsp3) is 0.143. The Bertz CT molecular complexity index is 1080. The number of hydrogen-bond acceptors (Lipinski definition) is 4. The normalized spacial score (nSPS) is 10.2. The van der Waals surface area contributed by atoms with Crippen LogP contribution in [0, 0.1) is 25.2 Å². The molecule has 3 aromatic rings. The van der Waals surface area contributed by atoms with Crippen LogP contribution in [0.3, 0.4) is 0 Å². The van der Waals surface area contributed by atoms with Crippen LogP contribution in [0.25, 0.3) is 11.1 Å². The maximum Gasteiger partial charge on any atom is 0.270 e. The quantitative estimate of drug-likeness (QED) is 0.686. The molecule has 1 aromatic heterocycles. The van der Waals surface area contributed by atoms with Crippen molar-refractivity contribution in [2.75, 3.05) is 0 Å². The largest absolute Gasteiger partial charge is 0.271 e. The fourth-order valence-electron chi connectivity index (χ4n) is 2.94. The average Bonchev–Trinajstić information content (AvgIpc) is 3.02. The number of amides is 2. The summed E-state index contributed by atoms with van der Waals surface area (Å²) in [5.41, 5.74) is 8.62. The molecule has 7 heteroatoms. The SMILES string of the molecule is Cc1cc(C)n(CC(=O)NNC(=O)c2ccccc2-c2ccccc2C#N)n1. The van der Waals surface area contributed by atoms with Crippen molar-refractivity contribution in [1.82, 2.24) is 20.6 Å². The minimum absolute atomic E-state index is 0.00113. The van der Waals surface area contributed by atoms with Gasteiger partial charge in [0.05, 0.1) is 17.3 Å². The molecular formula is C21H19N5O2. The van der Waals surface area contributed by atoms with Crippen LogP contribution in [0.15, 0.2) is 54.6 Å². The van der Waals surface area contributed by atoms with Crippen LogP contribution in [0.4, 0.5) is 0 Å². The first-order valence-corrected chi connectivity index (χ1v) is 8.68. The zero-order chi connectivity index (χ0) is 20.1. The van der Waals surface area contributed by atoms with Crippen molar-refractivity contribution < 1.29 is 9.59 Å². The standard InChI is InChI=1S/C21H19N5O2/c1-14-11-15(2)26(25-14)13-20(27)23-24-21(28)19-10-6-5-9-18(19)17-8-4-3-7-16(17)12-22/h3-11H,13H2,1-2H3,(H,23,27)(H,24,28). The molecule has 2 amide bonds. The molecule has 0 aliphatic heterocycles. The average molecular weight is 373 g/mol. The molecule has 0 saturated carbocycles. The van der Waals surface area contributed by atoms with Gasteiger partial charge in [0.25, 0.3) is 11.8 Å². The fourth-order valence-corrected chi connectivity index (χ4v) is 2.94. The van der Waals surface area contributed by atoms with Gasteiger partial charge in [-0.3, -0.25) is 25.1 Å². The van der Waals surface area contributed by atoms with Gasteiger partial charge in [0.15, 0.2) is 0 Å². The highest BCUT2D eigenvalue weighted by Crippen LogP contribution is 2.26. The molecule has 0 radical (unpaired) electrons. The van der Waals surface area contributed by atoms with E-state index in [1.807, 2.05) is 19.9 Å². The smallest absolute Gasteiger partial charge is 0.270 e. The summed E-state index contributed by atoms with van der Waals surface area (Å²) in [6.07, 6.45) is 0. The van der Waals surface area contributed by atoms with Crippen molar-refractivity contribution in [2.45, 2.75) is 20.4 Å². The van der Waals surface area contributed by atoms with Crippen molar-refractivity contribution in [3.8, 4) is 17.2 Å². The first-order chi connectivity index (χ1) is 13.5. The number of benzene rings is 2. The van der Waals surface area contributed by atoms with E-state index in [0.717, 1.165) is 11.4 Å². The molecule has 0 atom stereocenters. The predicted octanol–water partition coefficient (Wildman–Crippen LogP) is 2.50. The lowest BCUT2D eigenvalue weighted by atomic mass is 9.95. The number of aromatic nitrogens is 2. The molecule has 28 heavy (non-hydrogen) atoms. The van der Waals surface area contributed by atoms with E-state index in [1.165, 1.54) is 0 Å². The zero-order valence-corrected chi connectivity index (χ0v) is 15.6. The van der Waals surface area contributed by atoms with Gasteiger partial charge in [0.1, 0.15) is 6.54 Å². The molecule has 0 unspecified atom stereocenters. The Kier molecular flexibility index (Phi) is 5.51. The van der Waals surface area contributed by atoms with Crippen molar-refractivity contribution in [3.63, 3.8) is 0 Å². The third-order valence-electron chi connectivity index (χ3n) is 4.22. The van der Waals surface area contributed by atoms with Crippen LogP contribution < -0.4 is 10.9 Å². The molecule has 0 aliphatic carbocycles. The summed E-state index contributed by atoms with van der Waals surface area (Å²) in [7, 11) is 0. The lowest BCUT2D eigenvalue weighted by Crippen LogP contribution is -2.43. The number of aryl methyl sites for hydroxylation is 2. The van der Waals surface area contributed by atoms with Crippen molar-refractivity contribution in [3.05, 3.63) is 77.1 Å². The highest BCUT2D eigenvalue weighted by molar-refractivity contribution is 6.02. The summed E-state index contributed by atoms with van der Waals surface area (Å²) in [6, 6.07) is 18.0. The highest BCUT2D eigenvalue weighted by Gasteiger charge is 2.15. The van der Waals surface area contributed by atoms with E-state index in [2.05, 4.69) is 22.0 Å². The first kappa shape index (κ1) is 18.9. The maximum atomic E-state index is 12.6. The van der Waals surface area contributed by atoms with Crippen LogP contribution in [0.2, 0.25) is 0 Å². The molecule has 0 spiro atoms. The molecule has 0 bridgehead atoms. The molecule has 140 valence electrons. The Morgan fingerprint density at radius 2 is 1.71 bits per heavy atom. The number of rotatable bonds is 4. The number of nitrogens with one attached hydrogen (secondary N) is 2. The minimum atomic E-state index is -0.468. The maximum absolute atomic E-state index is 12.6. The van der Waals surface area contributed by atoms with Gasteiger partial charge in [-0.25, -0.2) is 0 Å².